The van der Waals surface area contributed by atoms with Gasteiger partial charge in [0.25, 0.3) is 0 Å². The van der Waals surface area contributed by atoms with Crippen molar-refractivity contribution in [2.45, 2.75) is 39.3 Å². The highest BCUT2D eigenvalue weighted by molar-refractivity contribution is 5.69. The largest absolute Gasteiger partial charge is 0.444 e. The van der Waals surface area contributed by atoms with Crippen molar-refractivity contribution >= 4 is 11.9 Å². The summed E-state index contributed by atoms with van der Waals surface area (Å²) in [5.74, 6) is 0.535. The van der Waals surface area contributed by atoms with Gasteiger partial charge in [-0.15, -0.1) is 0 Å². The van der Waals surface area contributed by atoms with E-state index in [0.717, 1.165) is 16.9 Å². The van der Waals surface area contributed by atoms with Gasteiger partial charge in [-0.25, -0.2) is 9.48 Å². The zero-order valence-corrected chi connectivity index (χ0v) is 13.7. The molecule has 6 nitrogen and oxygen atoms in total. The van der Waals surface area contributed by atoms with Crippen LogP contribution >= 0.6 is 0 Å². The quantitative estimate of drug-likeness (QED) is 0.878. The number of carbonyl (C=O) groups excluding carboxylic acids is 1. The topological polar surface area (TPSA) is 73.4 Å². The summed E-state index contributed by atoms with van der Waals surface area (Å²) in [6.45, 7) is 6.64. The number of ether oxygens (including phenoxy) is 1. The van der Waals surface area contributed by atoms with E-state index in [1.165, 1.54) is 0 Å². The molecule has 2 aromatic rings. The maximum atomic E-state index is 12.3. The standard InChI is InChI=1S/C17H22N4O2/c1-17(2,3)23-16(22)20-10-9-13-14(11-20)21(19-15(13)18)12-7-5-4-6-8-12/h4-8H,9-11H2,1-3H3,(H2,18,19). The Morgan fingerprint density at radius 1 is 1.26 bits per heavy atom. The van der Waals surface area contributed by atoms with Crippen molar-refractivity contribution in [1.29, 1.82) is 0 Å². The van der Waals surface area contributed by atoms with Crippen molar-refractivity contribution < 1.29 is 9.53 Å². The van der Waals surface area contributed by atoms with Gasteiger partial charge in [-0.1, -0.05) is 18.2 Å². The molecule has 1 aliphatic rings. The molecule has 6 heteroatoms. The molecule has 0 spiro atoms. The molecular weight excluding hydrogens is 292 g/mol. The predicted molar refractivity (Wildman–Crippen MR) is 88.3 cm³/mol. The molecule has 0 fully saturated rings. The van der Waals surface area contributed by atoms with Gasteiger partial charge >= 0.3 is 6.09 Å². The third kappa shape index (κ3) is 3.16. The monoisotopic (exact) mass is 314 g/mol. The minimum Gasteiger partial charge on any atom is -0.444 e. The van der Waals surface area contributed by atoms with E-state index in [0.29, 0.717) is 25.3 Å². The van der Waals surface area contributed by atoms with Gasteiger partial charge in [-0.05, 0) is 39.3 Å². The Kier molecular flexibility index (Phi) is 3.75. The summed E-state index contributed by atoms with van der Waals surface area (Å²) in [6, 6.07) is 9.80. The summed E-state index contributed by atoms with van der Waals surface area (Å²) in [7, 11) is 0. The second-order valence-corrected chi connectivity index (χ2v) is 6.71. The van der Waals surface area contributed by atoms with Gasteiger partial charge in [0.05, 0.1) is 17.9 Å². The van der Waals surface area contributed by atoms with Crippen molar-refractivity contribution in [3.05, 3.63) is 41.6 Å². The molecule has 0 aliphatic carbocycles. The Balaban J connectivity index is 1.89. The van der Waals surface area contributed by atoms with Crippen LogP contribution in [0.2, 0.25) is 0 Å². The van der Waals surface area contributed by atoms with E-state index >= 15 is 0 Å². The highest BCUT2D eigenvalue weighted by Gasteiger charge is 2.29. The van der Waals surface area contributed by atoms with Gasteiger partial charge in [0.15, 0.2) is 0 Å². The SMILES string of the molecule is CC(C)(C)OC(=O)N1CCc2c(N)nn(-c3ccccc3)c2C1. The molecule has 0 saturated carbocycles. The van der Waals surface area contributed by atoms with Crippen LogP contribution in [0.5, 0.6) is 0 Å². The van der Waals surface area contributed by atoms with E-state index in [4.69, 9.17) is 10.5 Å². The number of nitrogens with two attached hydrogens (primary N) is 1. The Morgan fingerprint density at radius 2 is 1.96 bits per heavy atom. The van der Waals surface area contributed by atoms with E-state index in [9.17, 15) is 4.79 Å². The average Bonchev–Trinajstić information content (AvgIpc) is 2.83. The van der Waals surface area contributed by atoms with E-state index in [2.05, 4.69) is 5.10 Å². The number of nitrogen functional groups attached to an aromatic ring is 1. The fourth-order valence-electron chi connectivity index (χ4n) is 2.71. The van der Waals surface area contributed by atoms with Crippen molar-refractivity contribution in [1.82, 2.24) is 14.7 Å². The summed E-state index contributed by atoms with van der Waals surface area (Å²) in [4.78, 5) is 14.0. The number of carbonyl (C=O) groups is 1. The van der Waals surface area contributed by atoms with Gasteiger partial charge < -0.3 is 15.4 Å². The Morgan fingerprint density at radius 3 is 2.61 bits per heavy atom. The van der Waals surface area contributed by atoms with E-state index < -0.39 is 5.60 Å². The van der Waals surface area contributed by atoms with E-state index in [1.54, 1.807) is 4.90 Å². The molecule has 2 N–H and O–H groups in total. The molecule has 1 amide bonds. The number of hydrogen-bond donors (Lipinski definition) is 1. The van der Waals surface area contributed by atoms with Crippen LogP contribution in [0, 0.1) is 0 Å². The number of fused-ring (bicyclic) bond motifs is 1. The molecule has 122 valence electrons. The molecule has 0 unspecified atom stereocenters. The van der Waals surface area contributed by atoms with Gasteiger partial charge in [0, 0.05) is 12.1 Å². The van der Waals surface area contributed by atoms with Gasteiger partial charge in [0.1, 0.15) is 11.4 Å². The summed E-state index contributed by atoms with van der Waals surface area (Å²) in [5, 5.41) is 4.45. The Hall–Kier alpha value is -2.50. The molecule has 0 bridgehead atoms. The van der Waals surface area contributed by atoms with Crippen LogP contribution in [-0.4, -0.2) is 32.9 Å². The van der Waals surface area contributed by atoms with E-state index in [-0.39, 0.29) is 6.09 Å². The number of para-hydroxylation sites is 1. The van der Waals surface area contributed by atoms with E-state index in [1.807, 2.05) is 55.8 Å². The maximum Gasteiger partial charge on any atom is 0.410 e. The lowest BCUT2D eigenvalue weighted by Gasteiger charge is -2.30. The number of hydrogen-bond acceptors (Lipinski definition) is 4. The van der Waals surface area contributed by atoms with Crippen molar-refractivity contribution in [2.24, 2.45) is 0 Å². The first kappa shape index (κ1) is 15.4. The molecule has 2 heterocycles. The first-order chi connectivity index (χ1) is 10.8. The summed E-state index contributed by atoms with van der Waals surface area (Å²) in [6.07, 6.45) is 0.385. The lowest BCUT2D eigenvalue weighted by Crippen LogP contribution is -2.40. The molecule has 3 rings (SSSR count). The molecular formula is C17H22N4O2. The molecule has 0 saturated heterocycles. The molecule has 23 heavy (non-hydrogen) atoms. The lowest BCUT2D eigenvalue weighted by atomic mass is 10.1. The highest BCUT2D eigenvalue weighted by atomic mass is 16.6. The fourth-order valence-corrected chi connectivity index (χ4v) is 2.71. The number of rotatable bonds is 1. The summed E-state index contributed by atoms with van der Waals surface area (Å²) < 4.78 is 7.29. The third-order valence-corrected chi connectivity index (χ3v) is 3.75. The molecule has 1 aliphatic heterocycles. The van der Waals surface area contributed by atoms with Crippen molar-refractivity contribution in [3.63, 3.8) is 0 Å². The molecule has 1 aromatic heterocycles. The first-order valence-corrected chi connectivity index (χ1v) is 7.75. The van der Waals surface area contributed by atoms with Crippen LogP contribution in [0.3, 0.4) is 0 Å². The number of amides is 1. The summed E-state index contributed by atoms with van der Waals surface area (Å²) >= 11 is 0. The minimum absolute atomic E-state index is 0.303. The minimum atomic E-state index is -0.504. The van der Waals surface area contributed by atoms with Gasteiger partial charge in [0.2, 0.25) is 0 Å². The third-order valence-electron chi connectivity index (χ3n) is 3.75. The zero-order valence-electron chi connectivity index (χ0n) is 13.7. The van der Waals surface area contributed by atoms with Crippen LogP contribution in [0.1, 0.15) is 32.0 Å². The Bertz CT molecular complexity index is 716. The Labute approximate surface area is 135 Å². The average molecular weight is 314 g/mol. The van der Waals surface area contributed by atoms with Crippen molar-refractivity contribution in [2.75, 3.05) is 12.3 Å². The van der Waals surface area contributed by atoms with Crippen molar-refractivity contribution in [3.8, 4) is 5.69 Å². The smallest absolute Gasteiger partial charge is 0.410 e. The van der Waals surface area contributed by atoms with Gasteiger partial charge in [-0.3, -0.25) is 0 Å². The van der Waals surface area contributed by atoms with Crippen LogP contribution in [0.15, 0.2) is 30.3 Å². The highest BCUT2D eigenvalue weighted by Crippen LogP contribution is 2.27. The summed E-state index contributed by atoms with van der Waals surface area (Å²) in [5.41, 5.74) is 8.46. The molecule has 0 radical (unpaired) electrons. The molecule has 1 aromatic carbocycles. The second-order valence-electron chi connectivity index (χ2n) is 6.71. The normalized spacial score (nSPS) is 14.5. The second kappa shape index (κ2) is 5.61. The van der Waals surface area contributed by atoms with Crippen LogP contribution in [-0.2, 0) is 17.7 Å². The number of nitrogens with zero attached hydrogens (tertiary/aromatic N) is 3. The van der Waals surface area contributed by atoms with Crippen LogP contribution in [0.4, 0.5) is 10.6 Å². The van der Waals surface area contributed by atoms with Crippen LogP contribution < -0.4 is 5.73 Å². The number of aromatic nitrogens is 2. The maximum absolute atomic E-state index is 12.3. The molecule has 0 atom stereocenters. The van der Waals surface area contributed by atoms with Gasteiger partial charge in [-0.2, -0.15) is 5.10 Å². The first-order valence-electron chi connectivity index (χ1n) is 7.75. The lowest BCUT2D eigenvalue weighted by molar-refractivity contribution is 0.0220. The number of anilines is 1. The predicted octanol–water partition coefficient (Wildman–Crippen LogP) is 2.75. The zero-order chi connectivity index (χ0) is 16.6. The fraction of sp³-hybridized carbons (Fsp3) is 0.412. The van der Waals surface area contributed by atoms with Crippen LogP contribution in [0.25, 0.3) is 5.69 Å². The number of benzene rings is 1.